The number of ether oxygens (including phenoxy) is 2. The molecule has 2 rings (SSSR count). The zero-order valence-electron chi connectivity index (χ0n) is 15.0. The predicted octanol–water partition coefficient (Wildman–Crippen LogP) is 3.84. The highest BCUT2D eigenvalue weighted by molar-refractivity contribution is 5.85. The zero-order valence-corrected chi connectivity index (χ0v) is 15.0. The molecule has 2 aromatic rings. The van der Waals surface area contributed by atoms with E-state index in [2.05, 4.69) is 0 Å². The van der Waals surface area contributed by atoms with Crippen LogP contribution >= 0.6 is 0 Å². The molecule has 1 N–H and O–H groups in total. The quantitative estimate of drug-likeness (QED) is 0.610. The van der Waals surface area contributed by atoms with Crippen LogP contribution in [0.1, 0.15) is 27.2 Å². The highest BCUT2D eigenvalue weighted by Gasteiger charge is 2.12. The van der Waals surface area contributed by atoms with E-state index in [0.717, 1.165) is 16.5 Å². The summed E-state index contributed by atoms with van der Waals surface area (Å²) in [7, 11) is 1.51. The lowest BCUT2D eigenvalue weighted by Crippen LogP contribution is -2.05. The number of aliphatic hydroxyl groups excluding tert-OH is 1. The minimum atomic E-state index is -0.495. The summed E-state index contributed by atoms with van der Waals surface area (Å²) in [6, 6.07) is 6.64. The van der Waals surface area contributed by atoms with Crippen molar-refractivity contribution in [3.05, 3.63) is 58.0 Å². The largest absolute Gasteiger partial charge is 0.490 e. The molecule has 0 spiro atoms. The van der Waals surface area contributed by atoms with Gasteiger partial charge in [0.2, 0.25) is 5.75 Å². The normalized spacial score (nSPS) is 12.8. The maximum atomic E-state index is 11.4. The molecule has 0 aliphatic rings. The molecule has 5 heteroatoms. The number of hydrogen-bond acceptors (Lipinski definition) is 5. The summed E-state index contributed by atoms with van der Waals surface area (Å²) in [6.45, 7) is 6.18. The summed E-state index contributed by atoms with van der Waals surface area (Å²) < 4.78 is 16.3. The number of rotatable bonds is 7. The minimum Gasteiger partial charge on any atom is -0.490 e. The van der Waals surface area contributed by atoms with Crippen molar-refractivity contribution < 1.29 is 19.0 Å². The van der Waals surface area contributed by atoms with Crippen molar-refractivity contribution in [3.63, 3.8) is 0 Å². The van der Waals surface area contributed by atoms with Crippen molar-refractivity contribution >= 4 is 11.0 Å². The summed E-state index contributed by atoms with van der Waals surface area (Å²) in [5.74, 6) is 0.893. The number of methoxy groups -OCH3 is 1. The Kier molecular flexibility index (Phi) is 6.42. The lowest BCUT2D eigenvalue weighted by Gasteiger charge is -2.11. The minimum absolute atomic E-state index is 0.326. The van der Waals surface area contributed by atoms with E-state index < -0.39 is 11.7 Å². The number of aliphatic hydroxyl groups is 1. The van der Waals surface area contributed by atoms with Crippen molar-refractivity contribution in [1.82, 2.24) is 0 Å². The van der Waals surface area contributed by atoms with E-state index in [-0.39, 0.29) is 0 Å². The monoisotopic (exact) mass is 344 g/mol. The number of hydrogen-bond donors (Lipinski definition) is 1. The maximum absolute atomic E-state index is 11.4. The molecule has 0 saturated heterocycles. The fraction of sp³-hybridized carbons (Fsp3) is 0.350. The molecule has 0 aliphatic heterocycles. The topological polar surface area (TPSA) is 68.9 Å². The molecular formula is C20H24O5. The Bertz CT molecular complexity index is 841. The third-order valence-electron chi connectivity index (χ3n) is 3.64. The van der Waals surface area contributed by atoms with Crippen LogP contribution in [0.3, 0.4) is 0 Å². The average molecular weight is 344 g/mol. The number of fused-ring (bicyclic) bond motifs is 1. The maximum Gasteiger partial charge on any atom is 0.336 e. The van der Waals surface area contributed by atoms with Gasteiger partial charge in [-0.25, -0.2) is 4.79 Å². The molecule has 1 unspecified atom stereocenters. The van der Waals surface area contributed by atoms with Crippen molar-refractivity contribution in [3.8, 4) is 11.5 Å². The van der Waals surface area contributed by atoms with Gasteiger partial charge in [-0.15, -0.1) is 0 Å². The third kappa shape index (κ3) is 5.22. The SMILES string of the molecule is COc1c(OCC=C(C)CC(O)C=C(C)C)ccc2ccc(=O)oc12. The first-order valence-electron chi connectivity index (χ1n) is 8.13. The van der Waals surface area contributed by atoms with E-state index in [1.807, 2.05) is 39.0 Å². The Morgan fingerprint density at radius 2 is 1.96 bits per heavy atom. The Morgan fingerprint density at radius 1 is 1.24 bits per heavy atom. The van der Waals surface area contributed by atoms with Crippen molar-refractivity contribution in [2.75, 3.05) is 13.7 Å². The molecule has 1 aromatic carbocycles. The molecule has 0 amide bonds. The van der Waals surface area contributed by atoms with Crippen LogP contribution < -0.4 is 15.1 Å². The van der Waals surface area contributed by atoms with Crippen LogP contribution in [0.4, 0.5) is 0 Å². The van der Waals surface area contributed by atoms with Crippen LogP contribution in [-0.4, -0.2) is 24.9 Å². The molecule has 0 bridgehead atoms. The van der Waals surface area contributed by atoms with E-state index in [4.69, 9.17) is 13.9 Å². The summed E-state index contributed by atoms with van der Waals surface area (Å²) in [5.41, 5.74) is 2.04. The van der Waals surface area contributed by atoms with Crippen LogP contribution in [0.25, 0.3) is 11.0 Å². The molecule has 0 saturated carbocycles. The van der Waals surface area contributed by atoms with Gasteiger partial charge in [-0.2, -0.15) is 0 Å². The van der Waals surface area contributed by atoms with E-state index in [9.17, 15) is 9.90 Å². The van der Waals surface area contributed by atoms with Crippen LogP contribution in [0.15, 0.2) is 56.8 Å². The highest BCUT2D eigenvalue weighted by atomic mass is 16.5. The van der Waals surface area contributed by atoms with Crippen LogP contribution in [0.5, 0.6) is 11.5 Å². The van der Waals surface area contributed by atoms with Crippen LogP contribution in [0, 0.1) is 0 Å². The highest BCUT2D eigenvalue weighted by Crippen LogP contribution is 2.34. The standard InChI is InChI=1S/C20H24O5/c1-13(2)11-16(21)12-14(3)9-10-24-17-7-5-15-6-8-18(22)25-19(15)20(17)23-4/h5-9,11,16,21H,10,12H2,1-4H3. The summed E-state index contributed by atoms with van der Waals surface area (Å²) in [5, 5.41) is 10.7. The second-order valence-electron chi connectivity index (χ2n) is 6.15. The second kappa shape index (κ2) is 8.53. The summed E-state index contributed by atoms with van der Waals surface area (Å²) in [4.78, 5) is 11.4. The average Bonchev–Trinajstić information content (AvgIpc) is 2.53. The fourth-order valence-electron chi connectivity index (χ4n) is 2.53. The summed E-state index contributed by atoms with van der Waals surface area (Å²) >= 11 is 0. The van der Waals surface area contributed by atoms with Gasteiger partial charge in [0, 0.05) is 11.5 Å². The van der Waals surface area contributed by atoms with Gasteiger partial charge in [-0.05, 0) is 51.5 Å². The van der Waals surface area contributed by atoms with E-state index in [0.29, 0.717) is 30.1 Å². The number of allylic oxidation sites excluding steroid dienone is 1. The van der Waals surface area contributed by atoms with Crippen molar-refractivity contribution in [2.24, 2.45) is 0 Å². The van der Waals surface area contributed by atoms with Gasteiger partial charge in [0.25, 0.3) is 0 Å². The molecule has 5 nitrogen and oxygen atoms in total. The van der Waals surface area contributed by atoms with Crippen molar-refractivity contribution in [1.29, 1.82) is 0 Å². The first-order chi connectivity index (χ1) is 11.9. The number of benzene rings is 1. The summed E-state index contributed by atoms with van der Waals surface area (Å²) in [6.07, 6.45) is 3.79. The van der Waals surface area contributed by atoms with Gasteiger partial charge in [0.15, 0.2) is 11.3 Å². The first-order valence-corrected chi connectivity index (χ1v) is 8.13. The lowest BCUT2D eigenvalue weighted by atomic mass is 10.1. The zero-order chi connectivity index (χ0) is 18.4. The first kappa shape index (κ1) is 18.8. The molecule has 0 radical (unpaired) electrons. The van der Waals surface area contributed by atoms with E-state index >= 15 is 0 Å². The van der Waals surface area contributed by atoms with Crippen LogP contribution in [-0.2, 0) is 0 Å². The van der Waals surface area contributed by atoms with Gasteiger partial charge >= 0.3 is 5.63 Å². The van der Waals surface area contributed by atoms with Gasteiger partial charge in [0.1, 0.15) is 6.61 Å². The fourth-order valence-corrected chi connectivity index (χ4v) is 2.53. The smallest absolute Gasteiger partial charge is 0.336 e. The second-order valence-corrected chi connectivity index (χ2v) is 6.15. The van der Waals surface area contributed by atoms with E-state index in [1.165, 1.54) is 13.2 Å². The Labute approximate surface area is 147 Å². The Morgan fingerprint density at radius 3 is 2.64 bits per heavy atom. The molecule has 1 aromatic heterocycles. The Hall–Kier alpha value is -2.53. The molecule has 1 heterocycles. The molecule has 134 valence electrons. The Balaban J connectivity index is 2.11. The van der Waals surface area contributed by atoms with Gasteiger partial charge < -0.3 is 19.0 Å². The predicted molar refractivity (Wildman–Crippen MR) is 98.3 cm³/mol. The molecular weight excluding hydrogens is 320 g/mol. The van der Waals surface area contributed by atoms with Crippen molar-refractivity contribution in [2.45, 2.75) is 33.3 Å². The lowest BCUT2D eigenvalue weighted by molar-refractivity contribution is 0.222. The third-order valence-corrected chi connectivity index (χ3v) is 3.64. The molecule has 0 aliphatic carbocycles. The molecule has 0 fully saturated rings. The van der Waals surface area contributed by atoms with E-state index in [1.54, 1.807) is 12.1 Å². The van der Waals surface area contributed by atoms with Gasteiger partial charge in [-0.1, -0.05) is 17.2 Å². The van der Waals surface area contributed by atoms with Gasteiger partial charge in [-0.3, -0.25) is 0 Å². The molecule has 25 heavy (non-hydrogen) atoms. The molecule has 1 atom stereocenters. The van der Waals surface area contributed by atoms with Crippen LogP contribution in [0.2, 0.25) is 0 Å². The van der Waals surface area contributed by atoms with Gasteiger partial charge in [0.05, 0.1) is 13.2 Å².